The predicted molar refractivity (Wildman–Crippen MR) is 72.5 cm³/mol. The maximum atomic E-state index is 11.5. The first-order valence-corrected chi connectivity index (χ1v) is 8.19. The van der Waals surface area contributed by atoms with Gasteiger partial charge >= 0.3 is 0 Å². The van der Waals surface area contributed by atoms with Gasteiger partial charge in [-0.25, -0.2) is 17.9 Å². The molecule has 1 aliphatic carbocycles. The Kier molecular flexibility index (Phi) is 2.89. The van der Waals surface area contributed by atoms with Crippen LogP contribution in [0, 0.1) is 0 Å². The van der Waals surface area contributed by atoms with E-state index in [1.165, 1.54) is 18.4 Å². The topological polar surface area (TPSA) is 64.3 Å². The normalized spacial score (nSPS) is 16.6. The Morgan fingerprint density at radius 1 is 1.26 bits per heavy atom. The average Bonchev–Trinajstić information content (AvgIpc) is 2.81. The van der Waals surface area contributed by atoms with Gasteiger partial charge in [0.05, 0.1) is 17.4 Å². The van der Waals surface area contributed by atoms with Gasteiger partial charge in [-0.05, 0) is 43.4 Å². The third kappa shape index (κ3) is 2.28. The Labute approximate surface area is 111 Å². The van der Waals surface area contributed by atoms with Crippen molar-refractivity contribution in [2.75, 3.05) is 6.26 Å². The Morgan fingerprint density at radius 2 is 2.11 bits per heavy atom. The lowest BCUT2D eigenvalue weighted by atomic mass is 9.97. The van der Waals surface area contributed by atoms with Crippen LogP contribution in [0.4, 0.5) is 0 Å². The Hall–Kier alpha value is -1.69. The van der Waals surface area contributed by atoms with Gasteiger partial charge in [0.15, 0.2) is 0 Å². The lowest BCUT2D eigenvalue weighted by Crippen LogP contribution is -2.09. The fraction of sp³-hybridized carbons (Fsp3) is 0.385. The summed E-state index contributed by atoms with van der Waals surface area (Å²) in [5.74, 6) is 0. The molecule has 0 aromatic carbocycles. The fourth-order valence-corrected chi connectivity index (χ4v) is 2.84. The van der Waals surface area contributed by atoms with E-state index < -0.39 is 9.84 Å². The smallest absolute Gasteiger partial charge is 0.229 e. The first kappa shape index (κ1) is 12.3. The Bertz CT molecular complexity index is 759. The molecular formula is C13H15N3O2S. The van der Waals surface area contributed by atoms with E-state index in [4.69, 9.17) is 0 Å². The standard InChI is InChI=1S/C13H15N3O2S/c1-19(17,18)13-14-9-11-7-8-12(16(11)15-13)10-5-3-2-4-6-10/h5,7-9H,2-4,6H2,1H3. The van der Waals surface area contributed by atoms with Crippen LogP contribution in [-0.4, -0.2) is 29.3 Å². The molecule has 0 atom stereocenters. The summed E-state index contributed by atoms with van der Waals surface area (Å²) in [5.41, 5.74) is 3.03. The zero-order valence-electron chi connectivity index (χ0n) is 10.7. The molecule has 19 heavy (non-hydrogen) atoms. The van der Waals surface area contributed by atoms with Crippen LogP contribution in [-0.2, 0) is 9.84 Å². The van der Waals surface area contributed by atoms with Gasteiger partial charge in [-0.3, -0.25) is 0 Å². The number of hydrogen-bond acceptors (Lipinski definition) is 4. The molecule has 0 amide bonds. The molecule has 0 radical (unpaired) electrons. The molecule has 2 heterocycles. The summed E-state index contributed by atoms with van der Waals surface area (Å²) in [4.78, 5) is 3.90. The van der Waals surface area contributed by atoms with E-state index in [0.29, 0.717) is 0 Å². The highest BCUT2D eigenvalue weighted by Gasteiger charge is 2.15. The van der Waals surface area contributed by atoms with E-state index in [0.717, 1.165) is 30.3 Å². The molecule has 0 N–H and O–H groups in total. The van der Waals surface area contributed by atoms with E-state index in [-0.39, 0.29) is 5.16 Å². The van der Waals surface area contributed by atoms with Crippen molar-refractivity contribution in [2.45, 2.75) is 30.8 Å². The number of sulfone groups is 1. The molecule has 1 aliphatic rings. The minimum absolute atomic E-state index is 0.131. The highest BCUT2D eigenvalue weighted by molar-refractivity contribution is 7.90. The largest absolute Gasteiger partial charge is 0.265 e. The van der Waals surface area contributed by atoms with Crippen LogP contribution in [0.3, 0.4) is 0 Å². The lowest BCUT2D eigenvalue weighted by Gasteiger charge is -2.12. The van der Waals surface area contributed by atoms with Gasteiger partial charge in [0, 0.05) is 6.26 Å². The SMILES string of the molecule is CS(=O)(=O)c1ncc2ccc(C3=CCCCC3)n2n1. The van der Waals surface area contributed by atoms with Crippen molar-refractivity contribution in [3.8, 4) is 0 Å². The van der Waals surface area contributed by atoms with Gasteiger partial charge in [-0.1, -0.05) is 6.08 Å². The summed E-state index contributed by atoms with van der Waals surface area (Å²) in [6.07, 6.45) is 9.37. The minimum Gasteiger partial charge on any atom is -0.229 e. The maximum absolute atomic E-state index is 11.5. The first-order chi connectivity index (χ1) is 9.05. The van der Waals surface area contributed by atoms with Crippen LogP contribution in [0.1, 0.15) is 31.4 Å². The molecule has 3 rings (SSSR count). The van der Waals surface area contributed by atoms with Crippen molar-refractivity contribution >= 4 is 20.9 Å². The molecule has 2 aromatic rings. The molecule has 5 nitrogen and oxygen atoms in total. The van der Waals surface area contributed by atoms with Crippen LogP contribution in [0.25, 0.3) is 11.1 Å². The number of nitrogens with zero attached hydrogens (tertiary/aromatic N) is 3. The van der Waals surface area contributed by atoms with Gasteiger partial charge < -0.3 is 0 Å². The van der Waals surface area contributed by atoms with Crippen molar-refractivity contribution < 1.29 is 8.42 Å². The summed E-state index contributed by atoms with van der Waals surface area (Å²) in [6.45, 7) is 0. The first-order valence-electron chi connectivity index (χ1n) is 6.30. The van der Waals surface area contributed by atoms with E-state index in [9.17, 15) is 8.42 Å². The second-order valence-electron chi connectivity index (χ2n) is 4.84. The van der Waals surface area contributed by atoms with E-state index in [2.05, 4.69) is 16.2 Å². The highest BCUT2D eigenvalue weighted by atomic mass is 32.2. The van der Waals surface area contributed by atoms with Crippen molar-refractivity contribution in [2.24, 2.45) is 0 Å². The fourth-order valence-electron chi connectivity index (χ4n) is 2.37. The van der Waals surface area contributed by atoms with Crippen LogP contribution in [0.2, 0.25) is 0 Å². The van der Waals surface area contributed by atoms with Crippen LogP contribution in [0.15, 0.2) is 29.6 Å². The van der Waals surface area contributed by atoms with Gasteiger partial charge in [0.25, 0.3) is 5.16 Å². The Morgan fingerprint density at radius 3 is 2.79 bits per heavy atom. The molecule has 0 unspecified atom stereocenters. The van der Waals surface area contributed by atoms with E-state index in [1.54, 1.807) is 10.7 Å². The molecule has 0 fully saturated rings. The van der Waals surface area contributed by atoms with Crippen molar-refractivity contribution in [1.82, 2.24) is 14.6 Å². The highest BCUT2D eigenvalue weighted by Crippen LogP contribution is 2.27. The van der Waals surface area contributed by atoms with Crippen molar-refractivity contribution in [3.63, 3.8) is 0 Å². The van der Waals surface area contributed by atoms with Crippen LogP contribution in [0.5, 0.6) is 0 Å². The number of hydrogen-bond donors (Lipinski definition) is 0. The van der Waals surface area contributed by atoms with E-state index >= 15 is 0 Å². The third-order valence-electron chi connectivity index (χ3n) is 3.33. The summed E-state index contributed by atoms with van der Waals surface area (Å²) >= 11 is 0. The second kappa shape index (κ2) is 4.45. The number of rotatable bonds is 2. The summed E-state index contributed by atoms with van der Waals surface area (Å²) in [5, 5.41) is 4.03. The lowest BCUT2D eigenvalue weighted by molar-refractivity contribution is 0.587. The van der Waals surface area contributed by atoms with Gasteiger partial charge in [0.1, 0.15) is 0 Å². The Balaban J connectivity index is 2.18. The van der Waals surface area contributed by atoms with E-state index in [1.807, 2.05) is 12.1 Å². The molecular weight excluding hydrogens is 262 g/mol. The van der Waals surface area contributed by atoms with Crippen molar-refractivity contribution in [1.29, 1.82) is 0 Å². The van der Waals surface area contributed by atoms with Crippen molar-refractivity contribution in [3.05, 3.63) is 30.1 Å². The molecule has 0 saturated carbocycles. The molecule has 100 valence electrons. The average molecular weight is 277 g/mol. The summed E-state index contributed by atoms with van der Waals surface area (Å²) in [7, 11) is -3.38. The number of aromatic nitrogens is 3. The minimum atomic E-state index is -3.38. The summed E-state index contributed by atoms with van der Waals surface area (Å²) < 4.78 is 24.7. The zero-order valence-corrected chi connectivity index (χ0v) is 11.5. The maximum Gasteiger partial charge on any atom is 0.265 e. The monoisotopic (exact) mass is 277 g/mol. The number of allylic oxidation sites excluding steroid dienone is 2. The van der Waals surface area contributed by atoms with Gasteiger partial charge in [-0.15, -0.1) is 5.10 Å². The number of fused-ring (bicyclic) bond motifs is 1. The molecule has 0 spiro atoms. The molecule has 0 bridgehead atoms. The molecule has 6 heteroatoms. The third-order valence-corrected chi connectivity index (χ3v) is 4.18. The molecule has 0 saturated heterocycles. The summed E-state index contributed by atoms with van der Waals surface area (Å²) in [6, 6.07) is 3.89. The quantitative estimate of drug-likeness (QED) is 0.843. The van der Waals surface area contributed by atoms with Gasteiger partial charge in [0.2, 0.25) is 9.84 Å². The van der Waals surface area contributed by atoms with Gasteiger partial charge in [-0.2, -0.15) is 0 Å². The predicted octanol–water partition coefficient (Wildman–Crippen LogP) is 2.09. The zero-order chi connectivity index (χ0) is 13.5. The molecule has 2 aromatic heterocycles. The van der Waals surface area contributed by atoms with Crippen LogP contribution < -0.4 is 0 Å². The second-order valence-corrected chi connectivity index (χ2v) is 6.75. The molecule has 0 aliphatic heterocycles. The van der Waals surface area contributed by atoms with Crippen LogP contribution >= 0.6 is 0 Å².